The molecule has 1 atom stereocenters. The lowest BCUT2D eigenvalue weighted by Crippen LogP contribution is -2.29. The van der Waals surface area contributed by atoms with Crippen molar-refractivity contribution in [1.29, 1.82) is 0 Å². The standard InChI is InChI=1S/C18H26O2/c1-3-5-9-14-18(4-2,17(19)20)15-10-13-16-11-7-6-8-12-16/h6-8,10-13H,3-5,9,14-15H2,1-2H3,(H,19,20). The Morgan fingerprint density at radius 2 is 1.90 bits per heavy atom. The number of benzene rings is 1. The third-order valence-corrected chi connectivity index (χ3v) is 4.01. The monoisotopic (exact) mass is 274 g/mol. The van der Waals surface area contributed by atoms with Gasteiger partial charge in [0.15, 0.2) is 0 Å². The number of rotatable bonds is 9. The van der Waals surface area contributed by atoms with Gasteiger partial charge in [0.05, 0.1) is 5.41 Å². The molecule has 1 aromatic rings. The highest BCUT2D eigenvalue weighted by Crippen LogP contribution is 2.34. The maximum absolute atomic E-state index is 11.7. The first kappa shape index (κ1) is 16.5. The van der Waals surface area contributed by atoms with Crippen LogP contribution in [0.1, 0.15) is 57.9 Å². The first-order valence-electron chi connectivity index (χ1n) is 7.59. The Bertz CT molecular complexity index is 422. The van der Waals surface area contributed by atoms with Gasteiger partial charge in [0.2, 0.25) is 0 Å². The van der Waals surface area contributed by atoms with E-state index in [2.05, 4.69) is 6.92 Å². The van der Waals surface area contributed by atoms with E-state index in [-0.39, 0.29) is 0 Å². The lowest BCUT2D eigenvalue weighted by molar-refractivity contribution is -0.149. The molecule has 0 spiro atoms. The minimum Gasteiger partial charge on any atom is -0.481 e. The highest BCUT2D eigenvalue weighted by atomic mass is 16.4. The van der Waals surface area contributed by atoms with Gasteiger partial charge in [-0.25, -0.2) is 0 Å². The van der Waals surface area contributed by atoms with Crippen molar-refractivity contribution in [3.8, 4) is 0 Å². The van der Waals surface area contributed by atoms with Gasteiger partial charge < -0.3 is 5.11 Å². The third kappa shape index (κ3) is 4.84. The number of carbonyl (C=O) groups is 1. The van der Waals surface area contributed by atoms with Crippen LogP contribution in [-0.4, -0.2) is 11.1 Å². The first-order chi connectivity index (χ1) is 9.64. The molecule has 1 aromatic carbocycles. The molecule has 0 bridgehead atoms. The molecule has 110 valence electrons. The molecule has 0 fully saturated rings. The van der Waals surface area contributed by atoms with Gasteiger partial charge in [-0.05, 0) is 24.8 Å². The van der Waals surface area contributed by atoms with Crippen molar-refractivity contribution in [1.82, 2.24) is 0 Å². The van der Waals surface area contributed by atoms with Crippen LogP contribution in [0.3, 0.4) is 0 Å². The summed E-state index contributed by atoms with van der Waals surface area (Å²) in [6, 6.07) is 10.0. The summed E-state index contributed by atoms with van der Waals surface area (Å²) in [7, 11) is 0. The molecule has 0 radical (unpaired) electrons. The molecule has 20 heavy (non-hydrogen) atoms. The molecule has 2 nitrogen and oxygen atoms in total. The fourth-order valence-corrected chi connectivity index (χ4v) is 2.47. The van der Waals surface area contributed by atoms with E-state index in [1.165, 1.54) is 0 Å². The summed E-state index contributed by atoms with van der Waals surface area (Å²) in [5.74, 6) is -0.659. The molecule has 0 saturated heterocycles. The normalized spacial score (nSPS) is 14.3. The van der Waals surface area contributed by atoms with Crippen molar-refractivity contribution in [3.63, 3.8) is 0 Å². The van der Waals surface area contributed by atoms with Gasteiger partial charge in [0.25, 0.3) is 0 Å². The minimum atomic E-state index is -0.659. The molecule has 0 aliphatic carbocycles. The summed E-state index contributed by atoms with van der Waals surface area (Å²) in [5, 5.41) is 9.59. The largest absolute Gasteiger partial charge is 0.481 e. The number of carboxylic acid groups (broad SMARTS) is 1. The topological polar surface area (TPSA) is 37.3 Å². The van der Waals surface area contributed by atoms with Gasteiger partial charge in [-0.2, -0.15) is 0 Å². The Labute approximate surface area is 122 Å². The predicted molar refractivity (Wildman–Crippen MR) is 84.6 cm³/mol. The second kappa shape index (κ2) is 8.57. The molecule has 0 saturated carbocycles. The smallest absolute Gasteiger partial charge is 0.309 e. The van der Waals surface area contributed by atoms with E-state index >= 15 is 0 Å². The fraction of sp³-hybridized carbons (Fsp3) is 0.500. The van der Waals surface area contributed by atoms with Crippen LogP contribution in [0.2, 0.25) is 0 Å². The molecule has 0 aliphatic heterocycles. The molecule has 0 heterocycles. The van der Waals surface area contributed by atoms with Crippen molar-refractivity contribution in [2.24, 2.45) is 5.41 Å². The van der Waals surface area contributed by atoms with E-state index in [1.807, 2.05) is 49.4 Å². The Kier molecular flexibility index (Phi) is 7.06. The zero-order valence-corrected chi connectivity index (χ0v) is 12.6. The third-order valence-electron chi connectivity index (χ3n) is 4.01. The summed E-state index contributed by atoms with van der Waals surface area (Å²) in [4.78, 5) is 11.7. The van der Waals surface area contributed by atoms with Crippen molar-refractivity contribution >= 4 is 12.0 Å². The van der Waals surface area contributed by atoms with Gasteiger partial charge in [0.1, 0.15) is 0 Å². The maximum Gasteiger partial charge on any atom is 0.309 e. The van der Waals surface area contributed by atoms with Crippen molar-refractivity contribution < 1.29 is 9.90 Å². The van der Waals surface area contributed by atoms with Crippen LogP contribution < -0.4 is 0 Å². The van der Waals surface area contributed by atoms with Gasteiger partial charge in [-0.15, -0.1) is 0 Å². The van der Waals surface area contributed by atoms with Gasteiger partial charge in [-0.3, -0.25) is 4.79 Å². The maximum atomic E-state index is 11.7. The lowest BCUT2D eigenvalue weighted by Gasteiger charge is -2.26. The van der Waals surface area contributed by atoms with E-state index in [0.717, 1.165) is 31.2 Å². The fourth-order valence-electron chi connectivity index (χ4n) is 2.47. The van der Waals surface area contributed by atoms with E-state index in [0.29, 0.717) is 12.8 Å². The molecule has 2 heteroatoms. The van der Waals surface area contributed by atoms with Gasteiger partial charge in [-0.1, -0.05) is 75.6 Å². The lowest BCUT2D eigenvalue weighted by atomic mass is 9.77. The molecule has 0 aromatic heterocycles. The first-order valence-corrected chi connectivity index (χ1v) is 7.59. The van der Waals surface area contributed by atoms with E-state index in [1.54, 1.807) is 0 Å². The average Bonchev–Trinajstić information content (AvgIpc) is 2.46. The van der Waals surface area contributed by atoms with Crippen molar-refractivity contribution in [3.05, 3.63) is 42.0 Å². The number of hydrogen-bond donors (Lipinski definition) is 1. The minimum absolute atomic E-state index is 0.597. The van der Waals surface area contributed by atoms with E-state index < -0.39 is 11.4 Å². The zero-order valence-electron chi connectivity index (χ0n) is 12.6. The highest BCUT2D eigenvalue weighted by molar-refractivity contribution is 5.75. The highest BCUT2D eigenvalue weighted by Gasteiger charge is 2.34. The second-order valence-electron chi connectivity index (χ2n) is 5.41. The predicted octanol–water partition coefficient (Wildman–Crippen LogP) is 5.15. The van der Waals surface area contributed by atoms with Crippen molar-refractivity contribution in [2.75, 3.05) is 0 Å². The van der Waals surface area contributed by atoms with Crippen LogP contribution in [0.15, 0.2) is 36.4 Å². The zero-order chi connectivity index (χ0) is 14.8. The number of allylic oxidation sites excluding steroid dienone is 1. The number of unbranched alkanes of at least 4 members (excludes halogenated alkanes) is 2. The number of hydrogen-bond acceptors (Lipinski definition) is 1. The summed E-state index contributed by atoms with van der Waals surface area (Å²) in [5.41, 5.74) is 0.525. The van der Waals surface area contributed by atoms with E-state index in [4.69, 9.17) is 0 Å². The number of carboxylic acids is 1. The molecule has 1 rings (SSSR count). The van der Waals surface area contributed by atoms with Crippen LogP contribution >= 0.6 is 0 Å². The molecule has 1 N–H and O–H groups in total. The summed E-state index contributed by atoms with van der Waals surface area (Å²) in [6.07, 6.45) is 9.33. The Hall–Kier alpha value is -1.57. The Morgan fingerprint density at radius 3 is 2.45 bits per heavy atom. The quantitative estimate of drug-likeness (QED) is 0.632. The van der Waals surface area contributed by atoms with Crippen LogP contribution in [-0.2, 0) is 4.79 Å². The second-order valence-corrected chi connectivity index (χ2v) is 5.41. The van der Waals surface area contributed by atoms with Crippen LogP contribution in [0.25, 0.3) is 6.08 Å². The van der Waals surface area contributed by atoms with Gasteiger partial charge in [0, 0.05) is 0 Å². The molecular weight excluding hydrogens is 248 g/mol. The summed E-state index contributed by atoms with van der Waals surface area (Å²) in [6.45, 7) is 4.13. The summed E-state index contributed by atoms with van der Waals surface area (Å²) < 4.78 is 0. The SMILES string of the molecule is CCCCCC(CC)(CC=Cc1ccccc1)C(=O)O. The average molecular weight is 274 g/mol. The number of aliphatic carboxylic acids is 1. The van der Waals surface area contributed by atoms with Crippen molar-refractivity contribution in [2.45, 2.75) is 52.4 Å². The molecule has 1 unspecified atom stereocenters. The van der Waals surface area contributed by atoms with Crippen LogP contribution in [0.5, 0.6) is 0 Å². The summed E-state index contributed by atoms with van der Waals surface area (Å²) >= 11 is 0. The van der Waals surface area contributed by atoms with Crippen LogP contribution in [0, 0.1) is 5.41 Å². The van der Waals surface area contributed by atoms with Gasteiger partial charge >= 0.3 is 5.97 Å². The molecular formula is C18H26O2. The Morgan fingerprint density at radius 1 is 1.20 bits per heavy atom. The van der Waals surface area contributed by atoms with Crippen LogP contribution in [0.4, 0.5) is 0 Å². The molecule has 0 aliphatic rings. The van der Waals surface area contributed by atoms with E-state index in [9.17, 15) is 9.90 Å². The Balaban J connectivity index is 2.69. The molecule has 0 amide bonds.